The molecule has 0 amide bonds. The zero-order valence-corrected chi connectivity index (χ0v) is 17.7. The number of allylic oxidation sites excluding steroid dienone is 2. The van der Waals surface area contributed by atoms with Gasteiger partial charge in [-0.05, 0) is 35.7 Å². The van der Waals surface area contributed by atoms with Crippen molar-refractivity contribution in [2.24, 2.45) is 0 Å². The molecule has 1 unspecified atom stereocenters. The fraction of sp³-hybridized carbons (Fsp3) is 0.333. The number of rotatable bonds is 7. The Balaban J connectivity index is 0.00000364. The number of carbonyl (C=O) groups excluding carboxylic acids is 1. The van der Waals surface area contributed by atoms with E-state index in [1.165, 1.54) is 18.6 Å². The first-order valence-corrected chi connectivity index (χ1v) is 8.56. The molecule has 6 heteroatoms. The minimum absolute atomic E-state index is 0. The van der Waals surface area contributed by atoms with Gasteiger partial charge in [0.25, 0.3) is 0 Å². The van der Waals surface area contributed by atoms with Crippen LogP contribution in [0.3, 0.4) is 0 Å². The number of ketones is 1. The Morgan fingerprint density at radius 2 is 1.81 bits per heavy atom. The summed E-state index contributed by atoms with van der Waals surface area (Å²) in [6.07, 6.45) is -2.81. The second kappa shape index (κ2) is 10.7. The summed E-state index contributed by atoms with van der Waals surface area (Å²) in [5.74, 6) is -2.04. The summed E-state index contributed by atoms with van der Waals surface area (Å²) in [6.45, 7) is 7.07. The Labute approximate surface area is 198 Å². The number of halogens is 3. The molecule has 0 heterocycles. The fourth-order valence-corrected chi connectivity index (χ4v) is 2.55. The van der Waals surface area contributed by atoms with Crippen molar-refractivity contribution in [3.63, 3.8) is 0 Å². The van der Waals surface area contributed by atoms with Crippen LogP contribution in [0.4, 0.5) is 13.2 Å². The predicted molar refractivity (Wildman–Crippen MR) is 96.9 cm³/mol. The molecule has 0 fully saturated rings. The molecule has 2 aromatic rings. The van der Waals surface area contributed by atoms with Gasteiger partial charge in [0.2, 0.25) is 5.76 Å². The first-order chi connectivity index (χ1) is 12.2. The van der Waals surface area contributed by atoms with E-state index in [4.69, 9.17) is 4.74 Å². The molecule has 2 nitrogen and oxygen atoms in total. The van der Waals surface area contributed by atoms with E-state index in [2.05, 4.69) is 13.8 Å². The van der Waals surface area contributed by atoms with Crippen molar-refractivity contribution in [1.82, 2.24) is 0 Å². The van der Waals surface area contributed by atoms with Gasteiger partial charge < -0.3 is 11.7 Å². The van der Waals surface area contributed by atoms with Gasteiger partial charge in [-0.25, -0.2) is 0 Å². The SMILES string of the molecule is [CH2-]CC(C)O/C(=C\C(=O)c1ccc2cc(CCC)ccc2c1)C(F)(F)F.[Eu]. The van der Waals surface area contributed by atoms with Gasteiger partial charge >= 0.3 is 6.18 Å². The maximum Gasteiger partial charge on any atom is 0.449 e. The molecule has 0 bridgehead atoms. The summed E-state index contributed by atoms with van der Waals surface area (Å²) < 4.78 is 44.1. The normalized spacial score (nSPS) is 13.2. The maximum atomic E-state index is 13.1. The number of ether oxygens (including phenoxy) is 1. The van der Waals surface area contributed by atoms with Crippen molar-refractivity contribution in [2.45, 2.75) is 45.4 Å². The molecule has 0 aliphatic rings. The van der Waals surface area contributed by atoms with E-state index in [-0.39, 0.29) is 61.4 Å². The number of aryl methyl sites for hydroxylation is 1. The third-order valence-corrected chi connectivity index (χ3v) is 4.00. The van der Waals surface area contributed by atoms with E-state index >= 15 is 0 Å². The van der Waals surface area contributed by atoms with Gasteiger partial charge in [-0.2, -0.15) is 13.2 Å². The molecule has 0 aliphatic heterocycles. The fourth-order valence-electron chi connectivity index (χ4n) is 2.55. The van der Waals surface area contributed by atoms with Gasteiger partial charge in [-0.3, -0.25) is 4.79 Å². The van der Waals surface area contributed by atoms with Crippen molar-refractivity contribution in [2.75, 3.05) is 0 Å². The van der Waals surface area contributed by atoms with Crippen LogP contribution in [-0.2, 0) is 11.2 Å². The first-order valence-electron chi connectivity index (χ1n) is 8.56. The van der Waals surface area contributed by atoms with E-state index < -0.39 is 23.8 Å². The van der Waals surface area contributed by atoms with Gasteiger partial charge in [-0.1, -0.05) is 43.7 Å². The van der Waals surface area contributed by atoms with Crippen LogP contribution in [0.1, 0.15) is 42.6 Å². The Morgan fingerprint density at radius 3 is 2.41 bits per heavy atom. The van der Waals surface area contributed by atoms with Crippen molar-refractivity contribution in [3.05, 3.63) is 66.3 Å². The summed E-state index contributed by atoms with van der Waals surface area (Å²) in [4.78, 5) is 12.3. The van der Waals surface area contributed by atoms with Crippen LogP contribution < -0.4 is 0 Å². The summed E-state index contributed by atoms with van der Waals surface area (Å²) >= 11 is 0. The average molecular weight is 515 g/mol. The third-order valence-electron chi connectivity index (χ3n) is 4.00. The van der Waals surface area contributed by atoms with Crippen LogP contribution in [0, 0.1) is 56.3 Å². The quantitative estimate of drug-likeness (QED) is 0.194. The molecule has 0 aliphatic carbocycles. The molecule has 27 heavy (non-hydrogen) atoms. The van der Waals surface area contributed by atoms with Gasteiger partial charge in [0, 0.05) is 61.0 Å². The summed E-state index contributed by atoms with van der Waals surface area (Å²) in [7, 11) is 0. The van der Waals surface area contributed by atoms with E-state index in [1.54, 1.807) is 12.1 Å². The van der Waals surface area contributed by atoms with Crippen molar-refractivity contribution in [3.8, 4) is 0 Å². The van der Waals surface area contributed by atoms with E-state index in [0.29, 0.717) is 6.08 Å². The predicted octanol–water partition coefficient (Wildman–Crippen LogP) is 6.05. The van der Waals surface area contributed by atoms with Crippen molar-refractivity contribution < 1.29 is 72.1 Å². The smallest absolute Gasteiger partial charge is 0.449 e. The third kappa shape index (κ3) is 6.99. The van der Waals surface area contributed by atoms with Crippen molar-refractivity contribution >= 4 is 16.6 Å². The van der Waals surface area contributed by atoms with Crippen LogP contribution in [0.2, 0.25) is 0 Å². The van der Waals surface area contributed by atoms with Gasteiger partial charge in [-0.15, -0.1) is 6.42 Å². The molecule has 0 aromatic heterocycles. The average Bonchev–Trinajstić information content (AvgIpc) is 2.59. The Morgan fingerprint density at radius 1 is 1.19 bits per heavy atom. The number of benzene rings is 2. The zero-order chi connectivity index (χ0) is 19.3. The molecular weight excluding hydrogens is 493 g/mol. The second-order valence-electron chi connectivity index (χ2n) is 6.23. The van der Waals surface area contributed by atoms with Crippen LogP contribution in [0.25, 0.3) is 10.8 Å². The Bertz CT molecular complexity index is 813. The number of hydrogen-bond acceptors (Lipinski definition) is 2. The second-order valence-corrected chi connectivity index (χ2v) is 6.23. The van der Waals surface area contributed by atoms with Crippen molar-refractivity contribution in [1.29, 1.82) is 0 Å². The Kier molecular flexibility index (Phi) is 9.66. The molecule has 0 N–H and O–H groups in total. The van der Waals surface area contributed by atoms with Crippen LogP contribution in [0.15, 0.2) is 48.2 Å². The van der Waals surface area contributed by atoms with E-state index in [9.17, 15) is 18.0 Å². The molecule has 2 aromatic carbocycles. The minimum atomic E-state index is -4.73. The van der Waals surface area contributed by atoms with Crippen LogP contribution >= 0.6 is 0 Å². The van der Waals surface area contributed by atoms with Crippen LogP contribution in [-0.4, -0.2) is 18.1 Å². The molecule has 147 valence electrons. The molecule has 0 saturated carbocycles. The number of hydrogen-bond donors (Lipinski definition) is 0. The molecule has 1 atom stereocenters. The standard InChI is InChI=1S/C21H22F3O2.Eu/c1-4-6-15-7-8-17-12-18(10-9-16(17)11-15)19(25)13-20(21(22,23)24)26-14(3)5-2;/h7-14H,2,4-6H2,1,3H3;/q-1;/b20-13-;. The topological polar surface area (TPSA) is 26.3 Å². The maximum absolute atomic E-state index is 13.1. The largest absolute Gasteiger partial charge is 0.489 e. The molecular formula is C21H22EuF3O2-. The summed E-state index contributed by atoms with van der Waals surface area (Å²) in [5.41, 5.74) is 1.38. The zero-order valence-electron chi connectivity index (χ0n) is 15.3. The number of alkyl halides is 3. The molecule has 0 saturated heterocycles. The van der Waals surface area contributed by atoms with E-state index in [0.717, 1.165) is 23.6 Å². The molecule has 2 rings (SSSR count). The molecule has 0 spiro atoms. The van der Waals surface area contributed by atoms with Gasteiger partial charge in [0.15, 0.2) is 5.78 Å². The molecule has 1 radical (unpaired) electrons. The summed E-state index contributed by atoms with van der Waals surface area (Å²) in [6, 6.07) is 10.8. The number of carbonyl (C=O) groups is 1. The van der Waals surface area contributed by atoms with Crippen LogP contribution in [0.5, 0.6) is 0 Å². The van der Waals surface area contributed by atoms with E-state index in [1.807, 2.05) is 18.2 Å². The number of fused-ring (bicyclic) bond motifs is 1. The first kappa shape index (κ1) is 24.3. The Hall–Kier alpha value is -0.716. The minimum Gasteiger partial charge on any atom is -0.489 e. The van der Waals surface area contributed by atoms with Gasteiger partial charge in [0.05, 0.1) is 6.10 Å². The van der Waals surface area contributed by atoms with Gasteiger partial charge in [0.1, 0.15) is 0 Å². The monoisotopic (exact) mass is 516 g/mol. The summed E-state index contributed by atoms with van der Waals surface area (Å²) in [5, 5.41) is 1.76.